The van der Waals surface area contributed by atoms with Crippen LogP contribution in [0.4, 0.5) is 0 Å². The van der Waals surface area contributed by atoms with E-state index in [4.69, 9.17) is 5.11 Å². The van der Waals surface area contributed by atoms with E-state index in [1.54, 1.807) is 0 Å². The third-order valence-electron chi connectivity index (χ3n) is 5.09. The van der Waals surface area contributed by atoms with Crippen LogP contribution >= 0.6 is 0 Å². The number of nitrogens with one attached hydrogen (secondary N) is 1. The second-order valence-corrected chi connectivity index (χ2v) is 7.36. The SMILES string of the molecule is CC(C)C(=O)NC1CC(CCCO)CN(C(C)C2CC2)C1. The molecule has 1 saturated carbocycles. The van der Waals surface area contributed by atoms with Crippen LogP contribution in [0.5, 0.6) is 0 Å². The molecule has 0 bridgehead atoms. The summed E-state index contributed by atoms with van der Waals surface area (Å²) in [5, 5.41) is 12.3. The summed E-state index contributed by atoms with van der Waals surface area (Å²) in [7, 11) is 0. The quantitative estimate of drug-likeness (QED) is 0.756. The molecule has 3 unspecified atom stereocenters. The van der Waals surface area contributed by atoms with Crippen LogP contribution in [0.2, 0.25) is 0 Å². The first-order valence-electron chi connectivity index (χ1n) is 8.66. The molecule has 2 N–H and O–H groups in total. The van der Waals surface area contributed by atoms with Gasteiger partial charge >= 0.3 is 0 Å². The number of aliphatic hydroxyl groups excluding tert-OH is 1. The van der Waals surface area contributed by atoms with Crippen molar-refractivity contribution < 1.29 is 9.90 Å². The van der Waals surface area contributed by atoms with Gasteiger partial charge in [0.15, 0.2) is 0 Å². The van der Waals surface area contributed by atoms with Crippen molar-refractivity contribution in [1.82, 2.24) is 10.2 Å². The van der Waals surface area contributed by atoms with Gasteiger partial charge in [0.2, 0.25) is 5.91 Å². The fourth-order valence-electron chi connectivity index (χ4n) is 3.51. The van der Waals surface area contributed by atoms with Crippen molar-refractivity contribution >= 4 is 5.91 Å². The minimum Gasteiger partial charge on any atom is -0.396 e. The predicted molar refractivity (Wildman–Crippen MR) is 85.0 cm³/mol. The summed E-state index contributed by atoms with van der Waals surface area (Å²) in [6.07, 6.45) is 5.73. The summed E-state index contributed by atoms with van der Waals surface area (Å²) >= 11 is 0. The standard InChI is InChI=1S/C17H32N2O2/c1-12(2)17(21)18-16-9-14(5-4-8-20)10-19(11-16)13(3)15-6-7-15/h12-16,20H,4-11H2,1-3H3,(H,18,21). The Morgan fingerprint density at radius 3 is 2.57 bits per heavy atom. The Morgan fingerprint density at radius 2 is 2.00 bits per heavy atom. The molecule has 1 aliphatic carbocycles. The van der Waals surface area contributed by atoms with Gasteiger partial charge in [0, 0.05) is 37.7 Å². The number of nitrogens with zero attached hydrogens (tertiary/aromatic N) is 1. The fraction of sp³-hybridized carbons (Fsp3) is 0.941. The number of aliphatic hydroxyl groups is 1. The number of piperidine rings is 1. The third-order valence-corrected chi connectivity index (χ3v) is 5.09. The topological polar surface area (TPSA) is 52.6 Å². The van der Waals surface area contributed by atoms with Gasteiger partial charge in [-0.25, -0.2) is 0 Å². The maximum absolute atomic E-state index is 12.0. The zero-order valence-electron chi connectivity index (χ0n) is 13.8. The lowest BCUT2D eigenvalue weighted by Gasteiger charge is -2.41. The van der Waals surface area contributed by atoms with Gasteiger partial charge in [-0.1, -0.05) is 13.8 Å². The van der Waals surface area contributed by atoms with E-state index in [2.05, 4.69) is 17.1 Å². The average Bonchev–Trinajstić information content (AvgIpc) is 3.28. The molecule has 3 atom stereocenters. The highest BCUT2D eigenvalue weighted by molar-refractivity contribution is 5.78. The van der Waals surface area contributed by atoms with Crippen LogP contribution in [0, 0.1) is 17.8 Å². The summed E-state index contributed by atoms with van der Waals surface area (Å²) in [5.41, 5.74) is 0. The summed E-state index contributed by atoms with van der Waals surface area (Å²) in [6, 6.07) is 0.916. The molecule has 0 aromatic rings. The van der Waals surface area contributed by atoms with E-state index in [1.165, 1.54) is 12.8 Å². The van der Waals surface area contributed by atoms with E-state index >= 15 is 0 Å². The lowest BCUT2D eigenvalue weighted by molar-refractivity contribution is -0.125. The van der Waals surface area contributed by atoms with Crippen molar-refractivity contribution in [3.63, 3.8) is 0 Å². The van der Waals surface area contributed by atoms with Crippen LogP contribution in [0.25, 0.3) is 0 Å². The van der Waals surface area contributed by atoms with Crippen LogP contribution in [-0.4, -0.2) is 47.7 Å². The van der Waals surface area contributed by atoms with Crippen molar-refractivity contribution in [2.24, 2.45) is 17.8 Å². The van der Waals surface area contributed by atoms with E-state index in [9.17, 15) is 4.79 Å². The highest BCUT2D eigenvalue weighted by atomic mass is 16.2. The first kappa shape index (κ1) is 16.8. The maximum atomic E-state index is 12.0. The van der Waals surface area contributed by atoms with Crippen molar-refractivity contribution in [3.8, 4) is 0 Å². The number of amides is 1. The van der Waals surface area contributed by atoms with Crippen LogP contribution in [0.15, 0.2) is 0 Å². The highest BCUT2D eigenvalue weighted by Gasteiger charge is 2.37. The molecule has 0 radical (unpaired) electrons. The number of carbonyl (C=O) groups is 1. The van der Waals surface area contributed by atoms with Gasteiger partial charge in [-0.15, -0.1) is 0 Å². The average molecular weight is 296 g/mol. The second kappa shape index (κ2) is 7.59. The minimum atomic E-state index is 0.0529. The molecule has 1 aliphatic heterocycles. The van der Waals surface area contributed by atoms with Gasteiger partial charge in [-0.2, -0.15) is 0 Å². The molecule has 2 fully saturated rings. The summed E-state index contributed by atoms with van der Waals surface area (Å²) < 4.78 is 0. The number of hydrogen-bond acceptors (Lipinski definition) is 3. The second-order valence-electron chi connectivity index (χ2n) is 7.36. The highest BCUT2D eigenvalue weighted by Crippen LogP contribution is 2.37. The van der Waals surface area contributed by atoms with Crippen molar-refractivity contribution in [3.05, 3.63) is 0 Å². The first-order valence-corrected chi connectivity index (χ1v) is 8.66. The van der Waals surface area contributed by atoms with Gasteiger partial charge in [-0.05, 0) is 50.9 Å². The molecule has 21 heavy (non-hydrogen) atoms. The predicted octanol–water partition coefficient (Wildman–Crippen LogP) is 2.02. The summed E-state index contributed by atoms with van der Waals surface area (Å²) in [5.74, 6) is 1.69. The zero-order chi connectivity index (χ0) is 15.4. The molecule has 0 aromatic carbocycles. The van der Waals surface area contributed by atoms with E-state index in [1.807, 2.05) is 13.8 Å². The third kappa shape index (κ3) is 4.96. The molecule has 4 nitrogen and oxygen atoms in total. The summed E-state index contributed by atoms with van der Waals surface area (Å²) in [4.78, 5) is 14.6. The maximum Gasteiger partial charge on any atom is 0.222 e. The van der Waals surface area contributed by atoms with Crippen LogP contribution in [0.3, 0.4) is 0 Å². The Balaban J connectivity index is 1.93. The fourth-order valence-corrected chi connectivity index (χ4v) is 3.51. The lowest BCUT2D eigenvalue weighted by Crippen LogP contribution is -2.54. The van der Waals surface area contributed by atoms with E-state index in [0.29, 0.717) is 12.0 Å². The summed E-state index contributed by atoms with van der Waals surface area (Å²) in [6.45, 7) is 8.64. The van der Waals surface area contributed by atoms with Crippen LogP contribution in [0.1, 0.15) is 52.9 Å². The molecule has 1 amide bonds. The van der Waals surface area contributed by atoms with E-state index in [-0.39, 0.29) is 24.5 Å². The monoisotopic (exact) mass is 296 g/mol. The Morgan fingerprint density at radius 1 is 1.29 bits per heavy atom. The van der Waals surface area contributed by atoms with Crippen molar-refractivity contribution in [2.45, 2.75) is 65.0 Å². The van der Waals surface area contributed by atoms with Gasteiger partial charge < -0.3 is 10.4 Å². The van der Waals surface area contributed by atoms with Gasteiger partial charge in [0.25, 0.3) is 0 Å². The number of hydrogen-bond donors (Lipinski definition) is 2. The molecule has 0 aromatic heterocycles. The molecule has 4 heteroatoms. The molecule has 2 aliphatic rings. The molecular weight excluding hydrogens is 264 g/mol. The molecular formula is C17H32N2O2. The Kier molecular flexibility index (Phi) is 6.06. The van der Waals surface area contributed by atoms with Gasteiger partial charge in [0.05, 0.1) is 0 Å². The van der Waals surface area contributed by atoms with Gasteiger partial charge in [0.1, 0.15) is 0 Å². The lowest BCUT2D eigenvalue weighted by atomic mass is 9.89. The number of carbonyl (C=O) groups excluding carboxylic acids is 1. The Labute approximate surface area is 129 Å². The minimum absolute atomic E-state index is 0.0529. The van der Waals surface area contributed by atoms with Crippen LogP contribution < -0.4 is 5.32 Å². The number of likely N-dealkylation sites (tertiary alicyclic amines) is 1. The number of rotatable bonds is 7. The van der Waals surface area contributed by atoms with Crippen molar-refractivity contribution in [2.75, 3.05) is 19.7 Å². The smallest absolute Gasteiger partial charge is 0.222 e. The van der Waals surface area contributed by atoms with E-state index < -0.39 is 0 Å². The Hall–Kier alpha value is -0.610. The Bertz CT molecular complexity index is 342. The molecule has 1 heterocycles. The molecule has 2 rings (SSSR count). The van der Waals surface area contributed by atoms with Crippen molar-refractivity contribution in [1.29, 1.82) is 0 Å². The largest absolute Gasteiger partial charge is 0.396 e. The zero-order valence-corrected chi connectivity index (χ0v) is 13.8. The van der Waals surface area contributed by atoms with Crippen LogP contribution in [-0.2, 0) is 4.79 Å². The van der Waals surface area contributed by atoms with Gasteiger partial charge in [-0.3, -0.25) is 9.69 Å². The molecule has 122 valence electrons. The first-order chi connectivity index (χ1) is 10.0. The van der Waals surface area contributed by atoms with E-state index in [0.717, 1.165) is 38.3 Å². The normalized spacial score (nSPS) is 28.6. The molecule has 1 saturated heterocycles. The molecule has 0 spiro atoms.